The summed E-state index contributed by atoms with van der Waals surface area (Å²) >= 11 is 0. The molecule has 0 aromatic rings. The van der Waals surface area contributed by atoms with Crippen LogP contribution in [0.5, 0.6) is 0 Å². The summed E-state index contributed by atoms with van der Waals surface area (Å²) in [6, 6.07) is -1.93. The van der Waals surface area contributed by atoms with Gasteiger partial charge >= 0.3 is 0 Å². The average molecular weight is 436 g/mol. The van der Waals surface area contributed by atoms with Gasteiger partial charge in [0.05, 0.1) is 25.4 Å². The first-order chi connectivity index (χ1) is 14.1. The van der Waals surface area contributed by atoms with Gasteiger partial charge in [-0.1, -0.05) is 0 Å². The van der Waals surface area contributed by atoms with Gasteiger partial charge in [-0.05, 0) is 6.92 Å². The first-order valence-corrected chi connectivity index (χ1v) is 9.75. The quantitative estimate of drug-likeness (QED) is 0.236. The zero-order chi connectivity index (χ0) is 22.6. The minimum absolute atomic E-state index is 0.389. The molecule has 0 saturated carbocycles. The maximum atomic E-state index is 11.7. The Bertz CT molecular complexity index is 593. The Kier molecular flexibility index (Phi) is 8.94. The number of nitrogens with one attached hydrogen (secondary N) is 2. The molecule has 2 rings (SSSR count). The van der Waals surface area contributed by atoms with Gasteiger partial charge in [-0.25, -0.2) is 0 Å². The Morgan fingerprint density at radius 2 is 1.40 bits per heavy atom. The van der Waals surface area contributed by atoms with Crippen molar-refractivity contribution in [2.24, 2.45) is 0 Å². The number of hydrogen-bond acceptors (Lipinski definition) is 10. The van der Waals surface area contributed by atoms with Gasteiger partial charge in [-0.3, -0.25) is 9.59 Å². The number of rotatable bonds is 7. The van der Waals surface area contributed by atoms with Crippen molar-refractivity contribution in [3.63, 3.8) is 0 Å². The van der Waals surface area contributed by atoms with Crippen LogP contribution in [0.15, 0.2) is 0 Å². The zero-order valence-corrected chi connectivity index (χ0v) is 17.4. The summed E-state index contributed by atoms with van der Waals surface area (Å²) in [4.78, 5) is 23.2. The molecule has 2 saturated heterocycles. The number of aliphatic hydroxyl groups excluding tert-OH is 4. The normalized spacial score (nSPS) is 41.9. The number of carbonyl (C=O) groups is 2. The molecule has 0 radical (unpaired) electrons. The van der Waals surface area contributed by atoms with E-state index >= 15 is 0 Å². The number of hydrogen-bond donors (Lipinski definition) is 6. The highest BCUT2D eigenvalue weighted by Gasteiger charge is 2.51. The highest BCUT2D eigenvalue weighted by atomic mass is 16.7. The lowest BCUT2D eigenvalue weighted by molar-refractivity contribution is -0.315. The highest BCUT2D eigenvalue weighted by molar-refractivity contribution is 5.73. The smallest absolute Gasteiger partial charge is 0.217 e. The van der Waals surface area contributed by atoms with Gasteiger partial charge in [-0.15, -0.1) is 0 Å². The molecule has 2 aliphatic rings. The third-order valence-electron chi connectivity index (χ3n) is 5.30. The van der Waals surface area contributed by atoms with E-state index in [0.717, 1.165) is 0 Å². The summed E-state index contributed by atoms with van der Waals surface area (Å²) in [5.41, 5.74) is 0. The SMILES string of the molecule is CO[C@H]1C(CO)O[C@@H](O[C@H]2C(O)C(NC(C)=O)C(C)O[C@@H]2CO)C(NC(C)=O)[C@H]1O. The van der Waals surface area contributed by atoms with E-state index in [9.17, 15) is 30.0 Å². The van der Waals surface area contributed by atoms with Gasteiger partial charge in [0.1, 0.15) is 42.7 Å². The van der Waals surface area contributed by atoms with Crippen LogP contribution in [0, 0.1) is 0 Å². The molecule has 5 unspecified atom stereocenters. The van der Waals surface area contributed by atoms with Crippen LogP contribution in [0.25, 0.3) is 0 Å². The molecule has 2 aliphatic heterocycles. The van der Waals surface area contributed by atoms with E-state index in [0.29, 0.717) is 0 Å². The van der Waals surface area contributed by atoms with E-state index in [2.05, 4.69) is 10.6 Å². The van der Waals surface area contributed by atoms with Crippen LogP contribution in [-0.2, 0) is 28.5 Å². The molecule has 6 N–H and O–H groups in total. The maximum absolute atomic E-state index is 11.7. The largest absolute Gasteiger partial charge is 0.394 e. The van der Waals surface area contributed by atoms with Crippen LogP contribution in [0.4, 0.5) is 0 Å². The van der Waals surface area contributed by atoms with Gasteiger partial charge in [0.15, 0.2) is 6.29 Å². The first kappa shape index (κ1) is 24.9. The molecule has 0 aromatic carbocycles. The van der Waals surface area contributed by atoms with Gasteiger partial charge in [0.2, 0.25) is 11.8 Å². The van der Waals surface area contributed by atoms with Crippen LogP contribution in [0.2, 0.25) is 0 Å². The second-order valence-corrected chi connectivity index (χ2v) is 7.52. The van der Waals surface area contributed by atoms with Gasteiger partial charge in [-0.2, -0.15) is 0 Å². The predicted molar refractivity (Wildman–Crippen MR) is 100 cm³/mol. The first-order valence-electron chi connectivity index (χ1n) is 9.75. The fourth-order valence-corrected chi connectivity index (χ4v) is 3.91. The highest BCUT2D eigenvalue weighted by Crippen LogP contribution is 2.30. The van der Waals surface area contributed by atoms with Gasteiger partial charge in [0, 0.05) is 21.0 Å². The minimum atomic E-state index is -1.31. The van der Waals surface area contributed by atoms with E-state index in [1.165, 1.54) is 21.0 Å². The standard InChI is InChI=1S/C18H32N2O10/c1-7-12(19-8(2)23)14(25)17(11(6-22)28-7)30-18-13(20-9(3)24)15(26)16(27-4)10(5-21)29-18/h7,10-18,21-22,25-26H,5-6H2,1-4H3,(H,19,23)(H,20,24)/t7?,10?,11-,12?,13?,14?,15-,16+,17-,18+/m1/s1. The molecule has 10 atom stereocenters. The second-order valence-electron chi connectivity index (χ2n) is 7.52. The lowest BCUT2D eigenvalue weighted by Gasteiger charge is -2.48. The molecular formula is C18H32N2O10. The van der Waals surface area contributed by atoms with Crippen molar-refractivity contribution in [1.29, 1.82) is 0 Å². The molecule has 2 heterocycles. The van der Waals surface area contributed by atoms with Gasteiger partial charge in [0.25, 0.3) is 0 Å². The fraction of sp³-hybridized carbons (Fsp3) is 0.889. The average Bonchev–Trinajstić information content (AvgIpc) is 2.68. The number of aliphatic hydroxyl groups is 4. The molecule has 12 heteroatoms. The van der Waals surface area contributed by atoms with E-state index in [-0.39, 0.29) is 5.91 Å². The molecule has 12 nitrogen and oxygen atoms in total. The lowest BCUT2D eigenvalue weighted by Crippen LogP contribution is -2.69. The Morgan fingerprint density at radius 3 is 1.90 bits per heavy atom. The molecule has 0 aromatic heterocycles. The van der Waals surface area contributed by atoms with Crippen molar-refractivity contribution < 1.29 is 49.0 Å². The van der Waals surface area contributed by atoms with Crippen molar-refractivity contribution in [1.82, 2.24) is 10.6 Å². The van der Waals surface area contributed by atoms with Crippen LogP contribution in [-0.4, -0.2) is 114 Å². The fourth-order valence-electron chi connectivity index (χ4n) is 3.91. The van der Waals surface area contributed by atoms with E-state index in [1.54, 1.807) is 6.92 Å². The van der Waals surface area contributed by atoms with Crippen molar-refractivity contribution >= 4 is 11.8 Å². The monoisotopic (exact) mass is 436 g/mol. The summed E-state index contributed by atoms with van der Waals surface area (Å²) in [5, 5.41) is 45.9. The molecular weight excluding hydrogens is 404 g/mol. The Labute approximate surface area is 174 Å². The number of methoxy groups -OCH3 is 1. The summed E-state index contributed by atoms with van der Waals surface area (Å²) in [6.07, 6.45) is -8.57. The van der Waals surface area contributed by atoms with Gasteiger partial charge < -0.3 is 50.0 Å². The van der Waals surface area contributed by atoms with E-state index in [1.807, 2.05) is 0 Å². The maximum Gasteiger partial charge on any atom is 0.217 e. The minimum Gasteiger partial charge on any atom is -0.394 e. The summed E-state index contributed by atoms with van der Waals surface area (Å²) in [7, 11) is 1.33. The van der Waals surface area contributed by atoms with Crippen LogP contribution < -0.4 is 10.6 Å². The van der Waals surface area contributed by atoms with Crippen LogP contribution in [0.1, 0.15) is 20.8 Å². The van der Waals surface area contributed by atoms with Crippen molar-refractivity contribution in [2.75, 3.05) is 20.3 Å². The second kappa shape index (κ2) is 10.8. The number of ether oxygens (including phenoxy) is 4. The summed E-state index contributed by atoms with van der Waals surface area (Å²) in [6.45, 7) is 3.17. The summed E-state index contributed by atoms with van der Waals surface area (Å²) in [5.74, 6) is -0.864. The van der Waals surface area contributed by atoms with Crippen molar-refractivity contribution in [2.45, 2.75) is 81.9 Å². The Balaban J connectivity index is 2.28. The molecule has 2 amide bonds. The molecule has 0 spiro atoms. The van der Waals surface area contributed by atoms with Crippen LogP contribution in [0.3, 0.4) is 0 Å². The Morgan fingerprint density at radius 1 is 0.900 bits per heavy atom. The summed E-state index contributed by atoms with van der Waals surface area (Å²) < 4.78 is 22.4. The van der Waals surface area contributed by atoms with Crippen molar-refractivity contribution in [3.05, 3.63) is 0 Å². The molecule has 2 fully saturated rings. The number of amides is 2. The van der Waals surface area contributed by atoms with Crippen LogP contribution >= 0.6 is 0 Å². The van der Waals surface area contributed by atoms with E-state index in [4.69, 9.17) is 18.9 Å². The zero-order valence-electron chi connectivity index (χ0n) is 17.4. The molecule has 0 aliphatic carbocycles. The predicted octanol–water partition coefficient (Wildman–Crippen LogP) is -3.39. The molecule has 30 heavy (non-hydrogen) atoms. The van der Waals surface area contributed by atoms with Crippen molar-refractivity contribution in [3.8, 4) is 0 Å². The van der Waals surface area contributed by atoms with E-state index < -0.39 is 80.2 Å². The molecule has 174 valence electrons. The lowest BCUT2D eigenvalue weighted by atomic mass is 9.92. The third kappa shape index (κ3) is 5.45. The Hall–Kier alpha value is -1.38. The topological polar surface area (TPSA) is 176 Å². The molecule has 0 bridgehead atoms. The third-order valence-corrected chi connectivity index (χ3v) is 5.30. The number of carbonyl (C=O) groups excluding carboxylic acids is 2.